The number of aliphatic imine (C=N–C) groups is 1. The molecule has 0 fully saturated rings. The first kappa shape index (κ1) is 11.2. The number of hydrogen-bond acceptors (Lipinski definition) is 2. The molecule has 0 rings (SSSR count). The van der Waals surface area contributed by atoms with Crippen LogP contribution >= 0.6 is 0 Å². The van der Waals surface area contributed by atoms with Crippen LogP contribution in [0, 0.1) is 5.92 Å². The molecule has 0 radical (unpaired) electrons. The SMILES string of the molecule is CC(C)CCCCN=C(N)NN. The fourth-order valence-corrected chi connectivity index (χ4v) is 0.910. The van der Waals surface area contributed by atoms with Crippen molar-refractivity contribution in [2.75, 3.05) is 6.54 Å². The lowest BCUT2D eigenvalue weighted by molar-refractivity contribution is 0.541. The summed E-state index contributed by atoms with van der Waals surface area (Å²) in [5.41, 5.74) is 7.62. The molecular weight excluding hydrogens is 152 g/mol. The predicted molar refractivity (Wildman–Crippen MR) is 52.5 cm³/mol. The molecule has 0 atom stereocenters. The van der Waals surface area contributed by atoms with E-state index < -0.39 is 0 Å². The summed E-state index contributed by atoms with van der Waals surface area (Å²) >= 11 is 0. The molecule has 0 saturated carbocycles. The maximum Gasteiger partial charge on any atom is 0.203 e. The third-order valence-corrected chi connectivity index (χ3v) is 1.62. The third kappa shape index (κ3) is 7.34. The van der Waals surface area contributed by atoms with Crippen molar-refractivity contribution >= 4 is 5.96 Å². The molecule has 0 amide bonds. The lowest BCUT2D eigenvalue weighted by Gasteiger charge is -2.02. The molecule has 0 bridgehead atoms. The van der Waals surface area contributed by atoms with Gasteiger partial charge in [-0.2, -0.15) is 0 Å². The van der Waals surface area contributed by atoms with Crippen molar-refractivity contribution in [2.24, 2.45) is 22.5 Å². The summed E-state index contributed by atoms with van der Waals surface area (Å²) in [4.78, 5) is 4.00. The Balaban J connectivity index is 3.21. The number of unbranched alkanes of at least 4 members (excludes halogenated alkanes) is 1. The molecule has 0 spiro atoms. The molecule has 5 N–H and O–H groups in total. The summed E-state index contributed by atoms with van der Waals surface area (Å²) in [5.74, 6) is 6.13. The van der Waals surface area contributed by atoms with E-state index in [0.717, 1.165) is 18.9 Å². The Hall–Kier alpha value is -0.770. The number of nitrogens with zero attached hydrogens (tertiary/aromatic N) is 1. The number of hydrazine groups is 1. The van der Waals surface area contributed by atoms with Crippen LogP contribution in [0.3, 0.4) is 0 Å². The van der Waals surface area contributed by atoms with Crippen molar-refractivity contribution < 1.29 is 0 Å². The first-order valence-corrected chi connectivity index (χ1v) is 4.43. The Labute approximate surface area is 74.4 Å². The van der Waals surface area contributed by atoms with Gasteiger partial charge >= 0.3 is 0 Å². The number of nitrogens with one attached hydrogen (secondary N) is 1. The summed E-state index contributed by atoms with van der Waals surface area (Å²) in [6.07, 6.45) is 3.55. The fourth-order valence-electron chi connectivity index (χ4n) is 0.910. The van der Waals surface area contributed by atoms with Crippen molar-refractivity contribution in [3.05, 3.63) is 0 Å². The van der Waals surface area contributed by atoms with Crippen molar-refractivity contribution in [3.8, 4) is 0 Å². The van der Waals surface area contributed by atoms with Gasteiger partial charge in [0.15, 0.2) is 0 Å². The van der Waals surface area contributed by atoms with E-state index in [0.29, 0.717) is 5.96 Å². The van der Waals surface area contributed by atoms with Crippen molar-refractivity contribution in [3.63, 3.8) is 0 Å². The van der Waals surface area contributed by atoms with Crippen LogP contribution in [-0.2, 0) is 0 Å². The van der Waals surface area contributed by atoms with E-state index in [4.69, 9.17) is 11.6 Å². The topological polar surface area (TPSA) is 76.4 Å². The second-order valence-electron chi connectivity index (χ2n) is 3.30. The van der Waals surface area contributed by atoms with Gasteiger partial charge in [0.25, 0.3) is 0 Å². The van der Waals surface area contributed by atoms with E-state index in [1.54, 1.807) is 0 Å². The number of hydrogen-bond donors (Lipinski definition) is 3. The highest BCUT2D eigenvalue weighted by Gasteiger charge is 1.93. The Morgan fingerprint density at radius 3 is 2.58 bits per heavy atom. The van der Waals surface area contributed by atoms with Crippen LogP contribution in [0.1, 0.15) is 33.1 Å². The molecule has 4 nitrogen and oxygen atoms in total. The minimum absolute atomic E-state index is 0.319. The van der Waals surface area contributed by atoms with Crippen LogP contribution in [0.25, 0.3) is 0 Å². The molecule has 0 unspecified atom stereocenters. The molecule has 0 aliphatic heterocycles. The van der Waals surface area contributed by atoms with E-state index in [9.17, 15) is 0 Å². The van der Waals surface area contributed by atoms with Gasteiger partial charge in [0, 0.05) is 6.54 Å². The standard InChI is InChI=1S/C8H20N4/c1-7(2)5-3-4-6-11-8(9)12-10/h7H,3-6,10H2,1-2H3,(H3,9,11,12). The number of nitrogens with two attached hydrogens (primary N) is 2. The van der Waals surface area contributed by atoms with Crippen LogP contribution in [-0.4, -0.2) is 12.5 Å². The van der Waals surface area contributed by atoms with Gasteiger partial charge < -0.3 is 5.73 Å². The smallest absolute Gasteiger partial charge is 0.203 e. The van der Waals surface area contributed by atoms with Gasteiger partial charge in [-0.1, -0.05) is 26.7 Å². The Morgan fingerprint density at radius 2 is 2.08 bits per heavy atom. The summed E-state index contributed by atoms with van der Waals surface area (Å²) in [6, 6.07) is 0. The highest BCUT2D eigenvalue weighted by Crippen LogP contribution is 2.05. The van der Waals surface area contributed by atoms with Gasteiger partial charge in [0.05, 0.1) is 0 Å². The minimum Gasteiger partial charge on any atom is -0.369 e. The molecular formula is C8H20N4. The van der Waals surface area contributed by atoms with Crippen molar-refractivity contribution in [1.82, 2.24) is 5.43 Å². The summed E-state index contributed by atoms with van der Waals surface area (Å²) in [7, 11) is 0. The summed E-state index contributed by atoms with van der Waals surface area (Å²) in [5, 5.41) is 0. The fraction of sp³-hybridized carbons (Fsp3) is 0.875. The highest BCUT2D eigenvalue weighted by molar-refractivity contribution is 5.76. The van der Waals surface area contributed by atoms with Crippen molar-refractivity contribution in [1.29, 1.82) is 0 Å². The molecule has 0 heterocycles. The number of rotatable bonds is 5. The third-order valence-electron chi connectivity index (χ3n) is 1.62. The molecule has 72 valence electrons. The predicted octanol–water partition coefficient (Wildman–Crippen LogP) is 0.591. The zero-order valence-corrected chi connectivity index (χ0v) is 8.01. The average Bonchev–Trinajstić information content (AvgIpc) is 2.03. The Bertz CT molecular complexity index is 131. The van der Waals surface area contributed by atoms with Gasteiger partial charge in [-0.25, -0.2) is 5.84 Å². The van der Waals surface area contributed by atoms with Crippen LogP contribution in [0.2, 0.25) is 0 Å². The quantitative estimate of drug-likeness (QED) is 0.187. The van der Waals surface area contributed by atoms with Crippen molar-refractivity contribution in [2.45, 2.75) is 33.1 Å². The Morgan fingerprint density at radius 1 is 1.42 bits per heavy atom. The minimum atomic E-state index is 0.319. The van der Waals surface area contributed by atoms with Crippen LogP contribution in [0.15, 0.2) is 4.99 Å². The van der Waals surface area contributed by atoms with Gasteiger partial charge in [-0.05, 0) is 12.3 Å². The molecule has 0 aromatic carbocycles. The zero-order valence-electron chi connectivity index (χ0n) is 8.01. The van der Waals surface area contributed by atoms with Gasteiger partial charge in [-0.3, -0.25) is 10.4 Å². The summed E-state index contributed by atoms with van der Waals surface area (Å²) < 4.78 is 0. The maximum absolute atomic E-state index is 5.33. The largest absolute Gasteiger partial charge is 0.369 e. The first-order chi connectivity index (χ1) is 5.66. The monoisotopic (exact) mass is 172 g/mol. The normalized spacial score (nSPS) is 12.2. The van der Waals surface area contributed by atoms with Crippen LogP contribution < -0.4 is 17.0 Å². The zero-order chi connectivity index (χ0) is 9.40. The van der Waals surface area contributed by atoms with E-state index in [-0.39, 0.29) is 0 Å². The lowest BCUT2D eigenvalue weighted by Crippen LogP contribution is -2.37. The van der Waals surface area contributed by atoms with E-state index >= 15 is 0 Å². The molecule has 0 saturated heterocycles. The van der Waals surface area contributed by atoms with E-state index in [2.05, 4.69) is 24.3 Å². The van der Waals surface area contributed by atoms with Crippen LogP contribution in [0.5, 0.6) is 0 Å². The van der Waals surface area contributed by atoms with Gasteiger partial charge in [0.1, 0.15) is 0 Å². The summed E-state index contributed by atoms with van der Waals surface area (Å²) in [6.45, 7) is 5.21. The van der Waals surface area contributed by atoms with Gasteiger partial charge in [-0.15, -0.1) is 0 Å². The molecule has 0 aliphatic carbocycles. The first-order valence-electron chi connectivity index (χ1n) is 4.43. The molecule has 0 aromatic heterocycles. The van der Waals surface area contributed by atoms with Crippen LogP contribution in [0.4, 0.5) is 0 Å². The van der Waals surface area contributed by atoms with E-state index in [1.807, 2.05) is 0 Å². The molecule has 0 aliphatic rings. The Kier molecular flexibility index (Phi) is 6.47. The second kappa shape index (κ2) is 6.91. The van der Waals surface area contributed by atoms with Gasteiger partial charge in [0.2, 0.25) is 5.96 Å². The maximum atomic E-state index is 5.33. The molecule has 12 heavy (non-hydrogen) atoms. The molecule has 4 heteroatoms. The second-order valence-corrected chi connectivity index (χ2v) is 3.30. The highest BCUT2D eigenvalue weighted by atomic mass is 15.3. The lowest BCUT2D eigenvalue weighted by atomic mass is 10.1. The molecule has 0 aromatic rings. The number of guanidine groups is 1. The van der Waals surface area contributed by atoms with E-state index in [1.165, 1.54) is 12.8 Å². The average molecular weight is 172 g/mol.